The molecule has 1 N–H and O–H groups in total. The molecule has 0 bridgehead atoms. The quantitative estimate of drug-likeness (QED) is 0.726. The van der Waals surface area contributed by atoms with Crippen LogP contribution in [0.15, 0.2) is 0 Å². The Morgan fingerprint density at radius 1 is 1.38 bits per heavy atom. The summed E-state index contributed by atoms with van der Waals surface area (Å²) < 4.78 is 0. The van der Waals surface area contributed by atoms with Crippen molar-refractivity contribution in [3.63, 3.8) is 0 Å². The number of rotatable bonds is 5. The van der Waals surface area contributed by atoms with Crippen molar-refractivity contribution in [3.8, 4) is 0 Å². The fourth-order valence-corrected chi connectivity index (χ4v) is 2.35. The van der Waals surface area contributed by atoms with Crippen LogP contribution in [0.5, 0.6) is 0 Å². The summed E-state index contributed by atoms with van der Waals surface area (Å²) in [5.41, 5.74) is 0. The summed E-state index contributed by atoms with van der Waals surface area (Å²) in [6.07, 6.45) is 3.02. The summed E-state index contributed by atoms with van der Waals surface area (Å²) in [5, 5.41) is 3.20. The van der Waals surface area contributed by atoms with Crippen LogP contribution in [0.1, 0.15) is 40.0 Å². The highest BCUT2D eigenvalue weighted by Gasteiger charge is 2.23. The molecule has 3 heteroatoms. The molecule has 0 atom stereocenters. The fourth-order valence-electron chi connectivity index (χ4n) is 2.35. The fraction of sp³-hybridized carbons (Fsp3) is 0.923. The minimum atomic E-state index is 0.322. The van der Waals surface area contributed by atoms with E-state index in [9.17, 15) is 4.79 Å². The highest BCUT2D eigenvalue weighted by Crippen LogP contribution is 2.24. The number of carbonyl (C=O) groups excluding carboxylic acids is 1. The first kappa shape index (κ1) is 13.5. The molecule has 0 saturated carbocycles. The summed E-state index contributed by atoms with van der Waals surface area (Å²) in [6, 6.07) is 0. The maximum Gasteiger partial charge on any atom is 0.223 e. The molecular weight excluding hydrogens is 200 g/mol. The van der Waals surface area contributed by atoms with Gasteiger partial charge in [-0.05, 0) is 31.2 Å². The van der Waals surface area contributed by atoms with Crippen molar-refractivity contribution < 1.29 is 4.79 Å². The molecule has 1 aliphatic rings. The van der Waals surface area contributed by atoms with Crippen molar-refractivity contribution in [1.29, 1.82) is 0 Å². The summed E-state index contributed by atoms with van der Waals surface area (Å²) in [6.45, 7) is 10.3. The van der Waals surface area contributed by atoms with E-state index in [1.807, 2.05) is 4.90 Å². The minimum Gasteiger partial charge on any atom is -0.343 e. The van der Waals surface area contributed by atoms with E-state index in [0.29, 0.717) is 12.3 Å². The standard InChI is InChI=1S/C13H26N2O/c1-4-14-8-5-13(16)15-9-6-12(7-10-15)11(2)3/h11-12,14H,4-10H2,1-3H3. The van der Waals surface area contributed by atoms with Gasteiger partial charge in [0.15, 0.2) is 0 Å². The third-order valence-corrected chi connectivity index (χ3v) is 3.60. The second kappa shape index (κ2) is 6.89. The van der Waals surface area contributed by atoms with Crippen molar-refractivity contribution in [2.24, 2.45) is 11.8 Å². The van der Waals surface area contributed by atoms with Crippen LogP contribution >= 0.6 is 0 Å². The topological polar surface area (TPSA) is 32.3 Å². The highest BCUT2D eigenvalue weighted by molar-refractivity contribution is 5.76. The molecule has 0 spiro atoms. The number of hydrogen-bond acceptors (Lipinski definition) is 2. The first-order chi connectivity index (χ1) is 7.65. The zero-order valence-corrected chi connectivity index (χ0v) is 11.0. The van der Waals surface area contributed by atoms with Crippen LogP contribution < -0.4 is 5.32 Å². The number of nitrogens with one attached hydrogen (secondary N) is 1. The number of carbonyl (C=O) groups is 1. The van der Waals surface area contributed by atoms with Gasteiger partial charge in [0.25, 0.3) is 0 Å². The molecule has 0 radical (unpaired) electrons. The minimum absolute atomic E-state index is 0.322. The molecular formula is C13H26N2O. The maximum atomic E-state index is 11.8. The van der Waals surface area contributed by atoms with E-state index in [-0.39, 0.29) is 0 Å². The van der Waals surface area contributed by atoms with Crippen LogP contribution in [0.25, 0.3) is 0 Å². The number of nitrogens with zero attached hydrogens (tertiary/aromatic N) is 1. The SMILES string of the molecule is CCNCCC(=O)N1CCC(C(C)C)CC1. The Kier molecular flexibility index (Phi) is 5.81. The lowest BCUT2D eigenvalue weighted by molar-refractivity contribution is -0.132. The molecule has 1 rings (SSSR count). The van der Waals surface area contributed by atoms with Gasteiger partial charge in [-0.3, -0.25) is 4.79 Å². The molecule has 1 saturated heterocycles. The predicted molar refractivity (Wildman–Crippen MR) is 67.3 cm³/mol. The summed E-state index contributed by atoms with van der Waals surface area (Å²) in [5.74, 6) is 1.90. The molecule has 1 heterocycles. The molecule has 0 unspecified atom stereocenters. The zero-order chi connectivity index (χ0) is 12.0. The van der Waals surface area contributed by atoms with E-state index in [1.165, 1.54) is 12.8 Å². The third kappa shape index (κ3) is 4.12. The number of amides is 1. The van der Waals surface area contributed by atoms with E-state index < -0.39 is 0 Å². The van der Waals surface area contributed by atoms with Crippen molar-refractivity contribution >= 4 is 5.91 Å². The van der Waals surface area contributed by atoms with E-state index in [2.05, 4.69) is 26.1 Å². The van der Waals surface area contributed by atoms with E-state index in [4.69, 9.17) is 0 Å². The Labute approximate surface area is 99.6 Å². The number of hydrogen-bond donors (Lipinski definition) is 1. The Morgan fingerprint density at radius 2 is 2.00 bits per heavy atom. The first-order valence-electron chi connectivity index (χ1n) is 6.63. The van der Waals surface area contributed by atoms with Gasteiger partial charge >= 0.3 is 0 Å². The lowest BCUT2D eigenvalue weighted by atomic mass is 9.86. The predicted octanol–water partition coefficient (Wildman–Crippen LogP) is 1.88. The van der Waals surface area contributed by atoms with Crippen molar-refractivity contribution in [1.82, 2.24) is 10.2 Å². The zero-order valence-electron chi connectivity index (χ0n) is 11.0. The van der Waals surface area contributed by atoms with Crippen molar-refractivity contribution in [3.05, 3.63) is 0 Å². The average molecular weight is 226 g/mol. The van der Waals surface area contributed by atoms with Crippen LogP contribution in [-0.4, -0.2) is 37.0 Å². The third-order valence-electron chi connectivity index (χ3n) is 3.60. The normalized spacial score (nSPS) is 18.1. The van der Waals surface area contributed by atoms with Crippen LogP contribution in [0.2, 0.25) is 0 Å². The molecule has 1 amide bonds. The highest BCUT2D eigenvalue weighted by atomic mass is 16.2. The maximum absolute atomic E-state index is 11.8. The Balaban J connectivity index is 2.22. The van der Waals surface area contributed by atoms with Crippen molar-refractivity contribution in [2.75, 3.05) is 26.2 Å². The van der Waals surface area contributed by atoms with Crippen LogP contribution in [0.3, 0.4) is 0 Å². The smallest absolute Gasteiger partial charge is 0.223 e. The Bertz CT molecular complexity index is 208. The molecule has 0 aromatic carbocycles. The van der Waals surface area contributed by atoms with Gasteiger partial charge in [-0.2, -0.15) is 0 Å². The Hall–Kier alpha value is -0.570. The molecule has 3 nitrogen and oxygen atoms in total. The second-order valence-electron chi connectivity index (χ2n) is 5.07. The van der Waals surface area contributed by atoms with E-state index in [0.717, 1.165) is 38.0 Å². The summed E-state index contributed by atoms with van der Waals surface area (Å²) >= 11 is 0. The van der Waals surface area contributed by atoms with Gasteiger partial charge in [0, 0.05) is 26.1 Å². The van der Waals surface area contributed by atoms with Gasteiger partial charge in [0.05, 0.1) is 0 Å². The van der Waals surface area contributed by atoms with E-state index >= 15 is 0 Å². The summed E-state index contributed by atoms with van der Waals surface area (Å²) in [7, 11) is 0. The molecule has 16 heavy (non-hydrogen) atoms. The van der Waals surface area contributed by atoms with Gasteiger partial charge in [-0.1, -0.05) is 20.8 Å². The lowest BCUT2D eigenvalue weighted by Gasteiger charge is -2.34. The number of likely N-dealkylation sites (tertiary alicyclic amines) is 1. The molecule has 1 aliphatic heterocycles. The summed E-state index contributed by atoms with van der Waals surface area (Å²) in [4.78, 5) is 13.9. The van der Waals surface area contributed by atoms with E-state index in [1.54, 1.807) is 0 Å². The molecule has 0 aliphatic carbocycles. The second-order valence-corrected chi connectivity index (χ2v) is 5.07. The Morgan fingerprint density at radius 3 is 2.50 bits per heavy atom. The monoisotopic (exact) mass is 226 g/mol. The van der Waals surface area contributed by atoms with Gasteiger partial charge < -0.3 is 10.2 Å². The van der Waals surface area contributed by atoms with Gasteiger partial charge in [0.1, 0.15) is 0 Å². The van der Waals surface area contributed by atoms with Gasteiger partial charge in [-0.25, -0.2) is 0 Å². The first-order valence-corrected chi connectivity index (χ1v) is 6.63. The lowest BCUT2D eigenvalue weighted by Crippen LogP contribution is -2.40. The van der Waals surface area contributed by atoms with Crippen molar-refractivity contribution in [2.45, 2.75) is 40.0 Å². The van der Waals surface area contributed by atoms with Crippen LogP contribution in [0, 0.1) is 11.8 Å². The molecule has 1 fully saturated rings. The van der Waals surface area contributed by atoms with Gasteiger partial charge in [-0.15, -0.1) is 0 Å². The number of piperidine rings is 1. The molecule has 0 aromatic heterocycles. The average Bonchev–Trinajstić information content (AvgIpc) is 2.29. The van der Waals surface area contributed by atoms with Crippen LogP contribution in [0.4, 0.5) is 0 Å². The molecule has 94 valence electrons. The van der Waals surface area contributed by atoms with Crippen LogP contribution in [-0.2, 0) is 4.79 Å². The largest absolute Gasteiger partial charge is 0.343 e. The molecule has 0 aromatic rings. The van der Waals surface area contributed by atoms with Gasteiger partial charge in [0.2, 0.25) is 5.91 Å².